The number of sulfonamides is 1. The molecular formula is C16H25NO3S. The third kappa shape index (κ3) is 3.40. The maximum Gasteiger partial charge on any atom is 0.243 e. The summed E-state index contributed by atoms with van der Waals surface area (Å²) in [5.41, 5.74) is 0.752. The number of piperidine rings is 1. The number of hydrogen-bond acceptors (Lipinski definition) is 3. The van der Waals surface area contributed by atoms with Crippen molar-refractivity contribution in [2.75, 3.05) is 20.2 Å². The Labute approximate surface area is 128 Å². The van der Waals surface area contributed by atoms with Crippen LogP contribution in [-0.4, -0.2) is 32.9 Å². The molecule has 1 aromatic carbocycles. The molecular weight excluding hydrogens is 286 g/mol. The molecule has 1 aliphatic rings. The molecule has 5 heteroatoms. The van der Waals surface area contributed by atoms with E-state index in [9.17, 15) is 8.42 Å². The van der Waals surface area contributed by atoms with Gasteiger partial charge in [0.15, 0.2) is 0 Å². The van der Waals surface area contributed by atoms with Crippen LogP contribution in [0.1, 0.15) is 45.6 Å². The molecule has 0 bridgehead atoms. The monoisotopic (exact) mass is 311 g/mol. The van der Waals surface area contributed by atoms with Crippen LogP contribution in [0.3, 0.4) is 0 Å². The van der Waals surface area contributed by atoms with Gasteiger partial charge in [-0.1, -0.05) is 27.2 Å². The minimum absolute atomic E-state index is 0.168. The zero-order chi connectivity index (χ0) is 15.7. The summed E-state index contributed by atoms with van der Waals surface area (Å²) < 4.78 is 32.5. The Morgan fingerprint density at radius 1 is 1.10 bits per heavy atom. The zero-order valence-corrected chi connectivity index (χ0v) is 14.2. The Hall–Kier alpha value is -1.07. The van der Waals surface area contributed by atoms with Gasteiger partial charge < -0.3 is 4.74 Å². The summed E-state index contributed by atoms with van der Waals surface area (Å²) in [5, 5.41) is 0. The number of nitrogens with zero attached hydrogens (tertiary/aromatic N) is 1. The first-order valence-electron chi connectivity index (χ1n) is 7.45. The minimum Gasteiger partial charge on any atom is -0.496 e. The van der Waals surface area contributed by atoms with Crippen LogP contribution >= 0.6 is 0 Å². The molecule has 0 unspecified atom stereocenters. The van der Waals surface area contributed by atoms with Gasteiger partial charge in [-0.15, -0.1) is 0 Å². The largest absolute Gasteiger partial charge is 0.496 e. The molecule has 2 rings (SSSR count). The summed E-state index contributed by atoms with van der Waals surface area (Å²) in [6.45, 7) is 7.42. The minimum atomic E-state index is -3.39. The third-order valence-corrected chi connectivity index (χ3v) is 5.83. The van der Waals surface area contributed by atoms with Crippen molar-refractivity contribution < 1.29 is 13.2 Å². The average molecular weight is 311 g/mol. The molecule has 0 spiro atoms. The molecule has 4 nitrogen and oxygen atoms in total. The van der Waals surface area contributed by atoms with Crippen molar-refractivity contribution in [1.82, 2.24) is 4.31 Å². The highest BCUT2D eigenvalue weighted by Gasteiger charge is 2.28. The standard InChI is InChI=1S/C16H25NO3S/c1-16(2,3)14-12-13(8-9-15(14)20-4)21(18,19)17-10-6-5-7-11-17/h8-9,12H,5-7,10-11H2,1-4H3. The molecule has 0 aromatic heterocycles. The van der Waals surface area contributed by atoms with Crippen LogP contribution in [0.25, 0.3) is 0 Å². The molecule has 0 amide bonds. The van der Waals surface area contributed by atoms with E-state index in [0.29, 0.717) is 18.0 Å². The Balaban J connectivity index is 2.44. The fraction of sp³-hybridized carbons (Fsp3) is 0.625. The summed E-state index contributed by atoms with van der Waals surface area (Å²) in [4.78, 5) is 0.370. The van der Waals surface area contributed by atoms with Crippen LogP contribution in [-0.2, 0) is 15.4 Å². The van der Waals surface area contributed by atoms with Crippen molar-refractivity contribution in [2.45, 2.75) is 50.3 Å². The first-order valence-corrected chi connectivity index (χ1v) is 8.89. The summed E-state index contributed by atoms with van der Waals surface area (Å²) in [5.74, 6) is 0.736. The van der Waals surface area contributed by atoms with Gasteiger partial charge in [-0.05, 0) is 36.5 Å². The molecule has 1 aromatic rings. The molecule has 21 heavy (non-hydrogen) atoms. The maximum atomic E-state index is 12.8. The Morgan fingerprint density at radius 2 is 1.71 bits per heavy atom. The van der Waals surface area contributed by atoms with Crippen LogP contribution in [0.5, 0.6) is 5.75 Å². The van der Waals surface area contributed by atoms with Crippen LogP contribution < -0.4 is 4.74 Å². The topological polar surface area (TPSA) is 46.6 Å². The first-order chi connectivity index (χ1) is 9.76. The summed E-state index contributed by atoms with van der Waals surface area (Å²) in [7, 11) is -1.78. The fourth-order valence-electron chi connectivity index (χ4n) is 2.69. The Kier molecular flexibility index (Phi) is 4.63. The second-order valence-electron chi connectivity index (χ2n) is 6.58. The second-order valence-corrected chi connectivity index (χ2v) is 8.51. The summed E-state index contributed by atoms with van der Waals surface area (Å²) in [6.07, 6.45) is 3.00. The zero-order valence-electron chi connectivity index (χ0n) is 13.3. The number of ether oxygens (including phenoxy) is 1. The molecule has 0 saturated carbocycles. The van der Waals surface area contributed by atoms with Crippen molar-refractivity contribution in [1.29, 1.82) is 0 Å². The van der Waals surface area contributed by atoms with E-state index in [-0.39, 0.29) is 5.41 Å². The quantitative estimate of drug-likeness (QED) is 0.861. The second kappa shape index (κ2) is 5.97. The average Bonchev–Trinajstić information content (AvgIpc) is 2.46. The van der Waals surface area contributed by atoms with Crippen LogP contribution in [0.4, 0.5) is 0 Å². The predicted octanol–water partition coefficient (Wildman–Crippen LogP) is 3.17. The highest BCUT2D eigenvalue weighted by atomic mass is 32.2. The molecule has 0 atom stereocenters. The van der Waals surface area contributed by atoms with Crippen LogP contribution in [0, 0.1) is 0 Å². The number of methoxy groups -OCH3 is 1. The van der Waals surface area contributed by atoms with Crippen LogP contribution in [0.15, 0.2) is 23.1 Å². The van der Waals surface area contributed by atoms with Gasteiger partial charge >= 0.3 is 0 Å². The lowest BCUT2D eigenvalue weighted by Crippen LogP contribution is -2.35. The van der Waals surface area contributed by atoms with Crippen LogP contribution in [0.2, 0.25) is 0 Å². The third-order valence-electron chi connectivity index (χ3n) is 3.93. The van der Waals surface area contributed by atoms with E-state index < -0.39 is 10.0 Å². The van der Waals surface area contributed by atoms with E-state index in [1.807, 2.05) is 0 Å². The van der Waals surface area contributed by atoms with Gasteiger partial charge in [-0.2, -0.15) is 4.31 Å². The van der Waals surface area contributed by atoms with E-state index in [1.54, 1.807) is 29.6 Å². The molecule has 1 aliphatic heterocycles. The summed E-state index contributed by atoms with van der Waals surface area (Å²) >= 11 is 0. The molecule has 0 radical (unpaired) electrons. The molecule has 0 aliphatic carbocycles. The van der Waals surface area contributed by atoms with Crippen molar-refractivity contribution in [3.05, 3.63) is 23.8 Å². The Morgan fingerprint density at radius 3 is 2.24 bits per heavy atom. The van der Waals surface area contributed by atoms with Gasteiger partial charge in [0, 0.05) is 18.7 Å². The smallest absolute Gasteiger partial charge is 0.243 e. The fourth-order valence-corrected chi connectivity index (χ4v) is 4.23. The normalized spacial score (nSPS) is 17.7. The lowest BCUT2D eigenvalue weighted by molar-refractivity contribution is 0.346. The summed E-state index contributed by atoms with van der Waals surface area (Å²) in [6, 6.07) is 5.18. The number of hydrogen-bond donors (Lipinski definition) is 0. The van der Waals surface area contributed by atoms with Gasteiger partial charge in [-0.25, -0.2) is 8.42 Å². The number of benzene rings is 1. The number of rotatable bonds is 3. The lowest BCUT2D eigenvalue weighted by atomic mass is 9.86. The lowest BCUT2D eigenvalue weighted by Gasteiger charge is -2.27. The van der Waals surface area contributed by atoms with Crippen molar-refractivity contribution in [3.63, 3.8) is 0 Å². The van der Waals surface area contributed by atoms with E-state index in [4.69, 9.17) is 4.74 Å². The van der Waals surface area contributed by atoms with E-state index >= 15 is 0 Å². The first kappa shape index (κ1) is 16.3. The van der Waals surface area contributed by atoms with Crippen molar-refractivity contribution in [2.24, 2.45) is 0 Å². The highest BCUT2D eigenvalue weighted by molar-refractivity contribution is 7.89. The van der Waals surface area contributed by atoms with E-state index in [2.05, 4.69) is 20.8 Å². The van der Waals surface area contributed by atoms with E-state index in [1.165, 1.54) is 0 Å². The van der Waals surface area contributed by atoms with Gasteiger partial charge in [-0.3, -0.25) is 0 Å². The van der Waals surface area contributed by atoms with Gasteiger partial charge in [0.25, 0.3) is 0 Å². The van der Waals surface area contributed by atoms with Gasteiger partial charge in [0.1, 0.15) is 5.75 Å². The SMILES string of the molecule is COc1ccc(S(=O)(=O)N2CCCCC2)cc1C(C)(C)C. The van der Waals surface area contributed by atoms with Gasteiger partial charge in [0.2, 0.25) is 10.0 Å². The predicted molar refractivity (Wildman–Crippen MR) is 84.3 cm³/mol. The van der Waals surface area contributed by atoms with E-state index in [0.717, 1.165) is 30.6 Å². The molecule has 118 valence electrons. The highest BCUT2D eigenvalue weighted by Crippen LogP contribution is 2.34. The van der Waals surface area contributed by atoms with Crippen molar-refractivity contribution >= 4 is 10.0 Å². The molecule has 1 saturated heterocycles. The Bertz CT molecular complexity index is 596. The van der Waals surface area contributed by atoms with Crippen molar-refractivity contribution in [3.8, 4) is 5.75 Å². The molecule has 0 N–H and O–H groups in total. The van der Waals surface area contributed by atoms with Gasteiger partial charge in [0.05, 0.1) is 12.0 Å². The molecule has 1 fully saturated rings. The molecule has 1 heterocycles. The maximum absolute atomic E-state index is 12.8.